The van der Waals surface area contributed by atoms with Crippen LogP contribution in [-0.4, -0.2) is 38.8 Å². The number of aromatic nitrogens is 3. The Labute approximate surface area is 148 Å². The van der Waals surface area contributed by atoms with E-state index in [0.717, 1.165) is 36.6 Å². The van der Waals surface area contributed by atoms with Gasteiger partial charge in [-0.05, 0) is 30.2 Å². The van der Waals surface area contributed by atoms with Gasteiger partial charge in [0.2, 0.25) is 0 Å². The second-order valence-electron chi connectivity index (χ2n) is 6.86. The van der Waals surface area contributed by atoms with Crippen molar-refractivity contribution < 1.29 is 0 Å². The van der Waals surface area contributed by atoms with Crippen LogP contribution in [0.25, 0.3) is 16.9 Å². The van der Waals surface area contributed by atoms with Crippen LogP contribution in [0, 0.1) is 5.92 Å². The molecule has 0 aliphatic carbocycles. The van der Waals surface area contributed by atoms with Crippen LogP contribution in [-0.2, 0) is 6.54 Å². The molecule has 2 atom stereocenters. The van der Waals surface area contributed by atoms with Crippen molar-refractivity contribution in [1.29, 1.82) is 0 Å². The topological polar surface area (TPSA) is 60.0 Å². The third-order valence-electron chi connectivity index (χ3n) is 4.89. The summed E-state index contributed by atoms with van der Waals surface area (Å²) in [5.74, 6) is 0.533. The Morgan fingerprint density at radius 2 is 1.96 bits per heavy atom. The number of benzene rings is 1. The number of para-hydroxylation sites is 1. The number of hydrogen-bond acceptors (Lipinski definition) is 4. The van der Waals surface area contributed by atoms with Crippen molar-refractivity contribution in [2.24, 2.45) is 11.7 Å². The number of hydrogen-bond donors (Lipinski definition) is 1. The largest absolute Gasteiger partial charge is 0.326 e. The van der Waals surface area contributed by atoms with Gasteiger partial charge in [0.25, 0.3) is 0 Å². The average molecular weight is 333 g/mol. The van der Waals surface area contributed by atoms with E-state index in [1.807, 2.05) is 35.1 Å². The maximum atomic E-state index is 6.20. The minimum absolute atomic E-state index is 0.256. The summed E-state index contributed by atoms with van der Waals surface area (Å²) in [5, 5.41) is 4.85. The molecule has 0 bridgehead atoms. The summed E-state index contributed by atoms with van der Waals surface area (Å²) >= 11 is 0. The van der Waals surface area contributed by atoms with E-state index in [2.05, 4.69) is 41.2 Å². The molecule has 3 aromatic rings. The number of nitrogens with two attached hydrogens (primary N) is 1. The highest BCUT2D eigenvalue weighted by molar-refractivity contribution is 5.62. The molecule has 2 unspecified atom stereocenters. The van der Waals surface area contributed by atoms with E-state index in [-0.39, 0.29) is 6.04 Å². The number of likely N-dealkylation sites (tertiary alicyclic amines) is 1. The molecule has 0 radical (unpaired) electrons. The van der Waals surface area contributed by atoms with Crippen LogP contribution in [0.4, 0.5) is 0 Å². The first-order valence-electron chi connectivity index (χ1n) is 8.73. The van der Waals surface area contributed by atoms with Gasteiger partial charge in [-0.25, -0.2) is 4.68 Å². The van der Waals surface area contributed by atoms with Crippen LogP contribution >= 0.6 is 0 Å². The molecular weight excluding hydrogens is 310 g/mol. The van der Waals surface area contributed by atoms with Crippen LogP contribution in [0.5, 0.6) is 0 Å². The molecule has 2 N–H and O–H groups in total. The molecular formula is C20H23N5. The molecule has 5 nitrogen and oxygen atoms in total. The first kappa shape index (κ1) is 16.0. The standard InChI is InChI=1S/C20H23N5/c1-15-11-24(14-19(15)21)12-17-13-25(18-7-3-2-4-8-18)23-20(17)16-6-5-9-22-10-16/h2-10,13,15,19H,11-12,14,21H2,1H3. The predicted molar refractivity (Wildman–Crippen MR) is 99.2 cm³/mol. The first-order chi connectivity index (χ1) is 12.2. The summed E-state index contributed by atoms with van der Waals surface area (Å²) in [6.07, 6.45) is 5.80. The van der Waals surface area contributed by atoms with Crippen LogP contribution in [0.2, 0.25) is 0 Å². The molecule has 1 saturated heterocycles. The Morgan fingerprint density at radius 3 is 2.64 bits per heavy atom. The molecule has 0 spiro atoms. The zero-order chi connectivity index (χ0) is 17.2. The van der Waals surface area contributed by atoms with Crippen molar-refractivity contribution in [2.75, 3.05) is 13.1 Å². The van der Waals surface area contributed by atoms with E-state index < -0.39 is 0 Å². The first-order valence-corrected chi connectivity index (χ1v) is 8.73. The lowest BCUT2D eigenvalue weighted by Gasteiger charge is -2.14. The minimum atomic E-state index is 0.256. The molecule has 2 aromatic heterocycles. The van der Waals surface area contributed by atoms with E-state index in [4.69, 9.17) is 10.8 Å². The Morgan fingerprint density at radius 1 is 1.12 bits per heavy atom. The van der Waals surface area contributed by atoms with Crippen LogP contribution in [0.1, 0.15) is 12.5 Å². The second kappa shape index (κ2) is 6.78. The number of pyridine rings is 1. The van der Waals surface area contributed by atoms with Gasteiger partial charge in [0.05, 0.1) is 11.4 Å². The molecule has 5 heteroatoms. The summed E-state index contributed by atoms with van der Waals surface area (Å²) in [4.78, 5) is 6.68. The lowest BCUT2D eigenvalue weighted by Crippen LogP contribution is -2.28. The highest BCUT2D eigenvalue weighted by atomic mass is 15.3. The predicted octanol–water partition coefficient (Wildman–Crippen LogP) is 2.71. The van der Waals surface area contributed by atoms with Crippen molar-refractivity contribution in [3.8, 4) is 16.9 Å². The van der Waals surface area contributed by atoms with Crippen molar-refractivity contribution >= 4 is 0 Å². The molecule has 4 rings (SSSR count). The fourth-order valence-electron chi connectivity index (χ4n) is 3.45. The third-order valence-corrected chi connectivity index (χ3v) is 4.89. The van der Waals surface area contributed by atoms with Gasteiger partial charge in [-0.15, -0.1) is 0 Å². The number of rotatable bonds is 4. The second-order valence-corrected chi connectivity index (χ2v) is 6.86. The molecule has 128 valence electrons. The summed E-state index contributed by atoms with van der Waals surface area (Å²) in [7, 11) is 0. The molecule has 1 aliphatic rings. The van der Waals surface area contributed by atoms with Gasteiger partial charge in [-0.1, -0.05) is 25.1 Å². The molecule has 1 aromatic carbocycles. The molecule has 25 heavy (non-hydrogen) atoms. The van der Waals surface area contributed by atoms with E-state index in [1.165, 1.54) is 5.56 Å². The Kier molecular flexibility index (Phi) is 4.34. The van der Waals surface area contributed by atoms with Crippen molar-refractivity contribution in [2.45, 2.75) is 19.5 Å². The lowest BCUT2D eigenvalue weighted by atomic mass is 10.1. The highest BCUT2D eigenvalue weighted by Crippen LogP contribution is 2.26. The van der Waals surface area contributed by atoms with Gasteiger partial charge >= 0.3 is 0 Å². The van der Waals surface area contributed by atoms with E-state index in [0.29, 0.717) is 5.92 Å². The zero-order valence-corrected chi connectivity index (χ0v) is 14.4. The van der Waals surface area contributed by atoms with Crippen molar-refractivity contribution in [3.05, 3.63) is 66.6 Å². The summed E-state index contributed by atoms with van der Waals surface area (Å²) in [6.45, 7) is 5.05. The van der Waals surface area contributed by atoms with Crippen LogP contribution in [0.15, 0.2) is 61.1 Å². The maximum absolute atomic E-state index is 6.20. The van der Waals surface area contributed by atoms with Gasteiger partial charge in [0.15, 0.2) is 0 Å². The fraction of sp³-hybridized carbons (Fsp3) is 0.300. The average Bonchev–Trinajstić information content (AvgIpc) is 3.20. The molecule has 1 fully saturated rings. The zero-order valence-electron chi connectivity index (χ0n) is 14.4. The Balaban J connectivity index is 1.70. The molecule has 1 aliphatic heterocycles. The molecule has 0 saturated carbocycles. The van der Waals surface area contributed by atoms with E-state index >= 15 is 0 Å². The van der Waals surface area contributed by atoms with Gasteiger partial charge in [-0.3, -0.25) is 9.88 Å². The minimum Gasteiger partial charge on any atom is -0.326 e. The van der Waals surface area contributed by atoms with Crippen LogP contribution in [0.3, 0.4) is 0 Å². The summed E-state index contributed by atoms with van der Waals surface area (Å²) in [6, 6.07) is 14.5. The highest BCUT2D eigenvalue weighted by Gasteiger charge is 2.27. The monoisotopic (exact) mass is 333 g/mol. The van der Waals surface area contributed by atoms with Crippen molar-refractivity contribution in [1.82, 2.24) is 19.7 Å². The summed E-state index contributed by atoms with van der Waals surface area (Å²) in [5.41, 5.74) is 10.5. The van der Waals surface area contributed by atoms with Gasteiger partial charge < -0.3 is 5.73 Å². The Hall–Kier alpha value is -2.50. The maximum Gasteiger partial charge on any atom is 0.0988 e. The molecule has 0 amide bonds. The molecule has 3 heterocycles. The smallest absolute Gasteiger partial charge is 0.0988 e. The van der Waals surface area contributed by atoms with Gasteiger partial charge in [0.1, 0.15) is 0 Å². The Bertz CT molecular complexity index is 818. The van der Waals surface area contributed by atoms with Crippen molar-refractivity contribution in [3.63, 3.8) is 0 Å². The SMILES string of the molecule is CC1CN(Cc2cn(-c3ccccc3)nc2-c2cccnc2)CC1N. The van der Waals surface area contributed by atoms with Gasteiger partial charge in [0, 0.05) is 55.4 Å². The quantitative estimate of drug-likeness (QED) is 0.797. The van der Waals surface area contributed by atoms with Crippen LogP contribution < -0.4 is 5.73 Å². The van der Waals surface area contributed by atoms with E-state index in [9.17, 15) is 0 Å². The van der Waals surface area contributed by atoms with Gasteiger partial charge in [-0.2, -0.15) is 5.10 Å². The fourth-order valence-corrected chi connectivity index (χ4v) is 3.45. The third kappa shape index (κ3) is 3.34. The number of nitrogens with zero attached hydrogens (tertiary/aromatic N) is 4. The van der Waals surface area contributed by atoms with E-state index in [1.54, 1.807) is 6.20 Å². The lowest BCUT2D eigenvalue weighted by molar-refractivity contribution is 0.319. The normalized spacial score (nSPS) is 20.9. The summed E-state index contributed by atoms with van der Waals surface area (Å²) < 4.78 is 1.96.